The average molecular weight is 577 g/mol. The van der Waals surface area contributed by atoms with Crippen molar-refractivity contribution in [1.82, 2.24) is 15.0 Å². The number of imidazole rings is 1. The minimum absolute atomic E-state index is 0.0573. The molecule has 0 bridgehead atoms. The molecule has 214 valence electrons. The van der Waals surface area contributed by atoms with Crippen LogP contribution in [0.25, 0.3) is 28.0 Å². The van der Waals surface area contributed by atoms with E-state index in [1.807, 2.05) is 12.1 Å². The number of nitrogens with one attached hydrogen (secondary N) is 1. The molecule has 0 amide bonds. The van der Waals surface area contributed by atoms with Gasteiger partial charge in [-0.25, -0.2) is 17.9 Å². The number of ether oxygens (including phenoxy) is 3. The van der Waals surface area contributed by atoms with Crippen molar-refractivity contribution in [3.05, 3.63) is 47.8 Å². The minimum atomic E-state index is -3.16. The number of nitrogens with zero attached hydrogens (tertiary/aromatic N) is 3. The molecule has 2 aromatic heterocycles. The fourth-order valence-electron chi connectivity index (χ4n) is 5.40. The van der Waals surface area contributed by atoms with Gasteiger partial charge in [-0.2, -0.15) is 13.8 Å². The molecule has 3 aromatic rings. The third-order valence-corrected chi connectivity index (χ3v) is 9.98. The Morgan fingerprint density at radius 1 is 1.18 bits per heavy atom. The Hall–Kier alpha value is -2.96. The molecular weight excluding hydrogens is 545 g/mol. The average Bonchev–Trinajstić information content (AvgIpc) is 3.47. The quantitative estimate of drug-likeness (QED) is 0.423. The molecule has 6 rings (SSSR count). The highest BCUT2D eigenvalue weighted by atomic mass is 32.2. The number of benzene rings is 1. The smallest absolute Gasteiger partial charge is 0.311 e. The lowest BCUT2D eigenvalue weighted by Gasteiger charge is -2.23. The largest absolute Gasteiger partial charge is 0.452 e. The molecule has 3 atom stereocenters. The molecule has 8 nitrogen and oxygen atoms in total. The number of rotatable bonds is 6. The predicted molar refractivity (Wildman–Crippen MR) is 145 cm³/mol. The number of halogens is 3. The van der Waals surface area contributed by atoms with Gasteiger partial charge < -0.3 is 19.2 Å². The van der Waals surface area contributed by atoms with Crippen LogP contribution >= 0.6 is 0 Å². The highest BCUT2D eigenvalue weighted by molar-refractivity contribution is 7.93. The van der Waals surface area contributed by atoms with Crippen molar-refractivity contribution in [2.75, 3.05) is 31.3 Å². The Bertz CT molecular complexity index is 1540. The van der Waals surface area contributed by atoms with Gasteiger partial charge in [-0.1, -0.05) is 37.3 Å². The number of alkyl halides is 2. The zero-order valence-electron chi connectivity index (χ0n) is 22.1. The van der Waals surface area contributed by atoms with Crippen LogP contribution in [0.2, 0.25) is 0 Å². The lowest BCUT2D eigenvalue weighted by molar-refractivity contribution is -0.106. The molecule has 1 aromatic carbocycles. The molecule has 2 saturated heterocycles. The highest BCUT2D eigenvalue weighted by Gasteiger charge is 2.54. The van der Waals surface area contributed by atoms with Crippen molar-refractivity contribution in [3.8, 4) is 17.3 Å². The van der Waals surface area contributed by atoms with E-state index < -0.39 is 33.7 Å². The lowest BCUT2D eigenvalue weighted by Crippen LogP contribution is -2.41. The number of fused-ring (bicyclic) bond motifs is 1. The molecule has 0 saturated carbocycles. The van der Waals surface area contributed by atoms with Crippen molar-refractivity contribution in [2.45, 2.75) is 56.8 Å². The summed E-state index contributed by atoms with van der Waals surface area (Å²) in [5.41, 5.74) is 3.29. The Morgan fingerprint density at radius 2 is 1.93 bits per heavy atom. The maximum Gasteiger partial charge on any atom is 0.311 e. The normalized spacial score (nSPS) is 26.0. The van der Waals surface area contributed by atoms with Gasteiger partial charge in [-0.3, -0.25) is 0 Å². The third kappa shape index (κ3) is 5.36. The van der Waals surface area contributed by atoms with Crippen LogP contribution in [0.5, 0.6) is 6.01 Å². The first kappa shape index (κ1) is 27.2. The highest BCUT2D eigenvalue weighted by Crippen LogP contribution is 2.36. The monoisotopic (exact) mass is 576 g/mol. The second-order valence-electron chi connectivity index (χ2n) is 10.4. The fourth-order valence-corrected chi connectivity index (χ4v) is 7.31. The molecular formula is C28H31F3N4O4S. The molecule has 2 fully saturated rings. The molecule has 1 N–H and O–H groups in total. The maximum atomic E-state index is 15.0. The van der Waals surface area contributed by atoms with Crippen LogP contribution < -0.4 is 4.74 Å². The van der Waals surface area contributed by atoms with Crippen LogP contribution in [-0.4, -0.2) is 74.7 Å². The van der Waals surface area contributed by atoms with Gasteiger partial charge in [0.15, 0.2) is 17.6 Å². The van der Waals surface area contributed by atoms with Crippen LogP contribution in [0, 0.1) is 5.82 Å². The van der Waals surface area contributed by atoms with Gasteiger partial charge in [0.05, 0.1) is 52.6 Å². The second kappa shape index (κ2) is 10.8. The van der Waals surface area contributed by atoms with Crippen molar-refractivity contribution < 1.29 is 31.6 Å². The Balaban J connectivity index is 1.16. The SMILES string of the molecule is CC[C@H]1OC[C@@H](Oc2nc3nc(-c4ccc(C5=CCC(N=S6(=O)CCOCC6)CC5)cc4)c(F)cc3[nH]2)C1(F)F. The van der Waals surface area contributed by atoms with Gasteiger partial charge in [-0.05, 0) is 36.8 Å². The van der Waals surface area contributed by atoms with E-state index >= 15 is 4.39 Å². The molecule has 0 spiro atoms. The van der Waals surface area contributed by atoms with Crippen LogP contribution in [0.1, 0.15) is 38.2 Å². The Labute approximate surface area is 230 Å². The van der Waals surface area contributed by atoms with Gasteiger partial charge in [0, 0.05) is 11.6 Å². The lowest BCUT2D eigenvalue weighted by atomic mass is 9.90. The Kier molecular flexibility index (Phi) is 7.34. The molecule has 1 aliphatic carbocycles. The summed E-state index contributed by atoms with van der Waals surface area (Å²) < 4.78 is 77.4. The molecule has 2 aliphatic heterocycles. The molecule has 0 radical (unpaired) electrons. The van der Waals surface area contributed by atoms with Crippen LogP contribution in [-0.2, 0) is 19.2 Å². The molecule has 40 heavy (non-hydrogen) atoms. The standard InChI is InChI=1S/C28H31F3N4O4S/c1-2-23-28(30,31)24(16-38-23)39-27-32-22-15-21(29)25(33-26(22)34-27)19-5-3-17(4-6-19)18-7-9-20(10-8-18)35-40(36)13-11-37-12-14-40/h3-7,15,20,23-24H,2,8-14,16H2,1H3,(H,32,33,34)/t20?,23-,24-/m1/s1. The fraction of sp³-hybridized carbons (Fsp3) is 0.500. The number of aromatic amines is 1. The van der Waals surface area contributed by atoms with Crippen molar-refractivity contribution in [1.29, 1.82) is 0 Å². The van der Waals surface area contributed by atoms with Gasteiger partial charge in [0.25, 0.3) is 6.01 Å². The van der Waals surface area contributed by atoms with E-state index in [1.54, 1.807) is 19.1 Å². The van der Waals surface area contributed by atoms with Crippen molar-refractivity contribution in [2.24, 2.45) is 4.36 Å². The first-order chi connectivity index (χ1) is 19.2. The zero-order valence-corrected chi connectivity index (χ0v) is 22.9. The summed E-state index contributed by atoms with van der Waals surface area (Å²) in [6.07, 6.45) is 2.00. The van der Waals surface area contributed by atoms with E-state index in [4.69, 9.17) is 14.2 Å². The predicted octanol–water partition coefficient (Wildman–Crippen LogP) is 5.39. The summed E-state index contributed by atoms with van der Waals surface area (Å²) in [5.74, 6) is -2.71. The minimum Gasteiger partial charge on any atom is -0.452 e. The second-order valence-corrected chi connectivity index (χ2v) is 12.9. The summed E-state index contributed by atoms with van der Waals surface area (Å²) in [7, 11) is -2.17. The van der Waals surface area contributed by atoms with Gasteiger partial charge >= 0.3 is 5.92 Å². The summed E-state index contributed by atoms with van der Waals surface area (Å²) in [4.78, 5) is 11.2. The number of pyridine rings is 1. The van der Waals surface area contributed by atoms with Crippen molar-refractivity contribution >= 4 is 26.5 Å². The first-order valence-corrected chi connectivity index (χ1v) is 15.4. The summed E-state index contributed by atoms with van der Waals surface area (Å²) >= 11 is 0. The van der Waals surface area contributed by atoms with Crippen LogP contribution in [0.15, 0.2) is 40.8 Å². The van der Waals surface area contributed by atoms with E-state index in [2.05, 4.69) is 25.4 Å². The van der Waals surface area contributed by atoms with Gasteiger partial charge in [-0.15, -0.1) is 0 Å². The van der Waals surface area contributed by atoms with E-state index in [1.165, 1.54) is 11.6 Å². The van der Waals surface area contributed by atoms with Crippen LogP contribution in [0.3, 0.4) is 0 Å². The zero-order chi connectivity index (χ0) is 27.9. The van der Waals surface area contributed by atoms with Gasteiger partial charge in [0.1, 0.15) is 11.8 Å². The number of allylic oxidation sites excluding steroid dienone is 1. The van der Waals surface area contributed by atoms with Gasteiger partial charge in [0.2, 0.25) is 0 Å². The maximum absolute atomic E-state index is 15.0. The molecule has 12 heteroatoms. The van der Waals surface area contributed by atoms with Crippen LogP contribution in [0.4, 0.5) is 13.2 Å². The van der Waals surface area contributed by atoms with Crippen molar-refractivity contribution in [3.63, 3.8) is 0 Å². The third-order valence-electron chi connectivity index (χ3n) is 7.68. The molecule has 3 aliphatic rings. The summed E-state index contributed by atoms with van der Waals surface area (Å²) in [6.45, 7) is 2.38. The topological polar surface area (TPSA) is 98.7 Å². The van der Waals surface area contributed by atoms with E-state index in [9.17, 15) is 13.0 Å². The number of aromatic nitrogens is 3. The molecule has 4 heterocycles. The Morgan fingerprint density at radius 3 is 2.60 bits per heavy atom. The van der Waals surface area contributed by atoms with E-state index in [0.29, 0.717) is 30.3 Å². The van der Waals surface area contributed by atoms with E-state index in [0.717, 1.165) is 24.8 Å². The first-order valence-electron chi connectivity index (χ1n) is 13.6. The molecule has 1 unspecified atom stereocenters. The van der Waals surface area contributed by atoms with E-state index in [-0.39, 0.29) is 41.9 Å². The number of hydrogen-bond donors (Lipinski definition) is 1. The summed E-state index contributed by atoms with van der Waals surface area (Å²) in [6, 6.07) is 8.59. The summed E-state index contributed by atoms with van der Waals surface area (Å²) in [5, 5.41) is 0. The number of hydrogen-bond acceptors (Lipinski definition) is 7. The number of H-pyrrole nitrogens is 1.